The Kier molecular flexibility index (Phi) is 3.66. The van der Waals surface area contributed by atoms with Crippen LogP contribution in [0.1, 0.15) is 18.9 Å². The molecule has 0 aliphatic rings. The zero-order valence-electron chi connectivity index (χ0n) is 11.5. The number of rotatable bonds is 4. The summed E-state index contributed by atoms with van der Waals surface area (Å²) in [5, 5.41) is 16.8. The normalized spacial score (nSPS) is 11.1. The Morgan fingerprint density at radius 3 is 2.86 bits per heavy atom. The van der Waals surface area contributed by atoms with Gasteiger partial charge in [0.2, 0.25) is 0 Å². The third-order valence-corrected chi connectivity index (χ3v) is 3.35. The van der Waals surface area contributed by atoms with E-state index in [0.29, 0.717) is 28.3 Å². The highest BCUT2D eigenvalue weighted by Crippen LogP contribution is 2.09. The lowest BCUT2D eigenvalue weighted by atomic mass is 10.3. The van der Waals surface area contributed by atoms with Crippen molar-refractivity contribution in [1.29, 1.82) is 5.41 Å². The molecule has 3 aromatic heterocycles. The van der Waals surface area contributed by atoms with Gasteiger partial charge in [-0.1, -0.05) is 29.8 Å². The van der Waals surface area contributed by atoms with Gasteiger partial charge in [0.15, 0.2) is 16.7 Å². The first kappa shape index (κ1) is 13.7. The highest BCUT2D eigenvalue weighted by atomic mass is 35.5. The van der Waals surface area contributed by atoms with Crippen molar-refractivity contribution in [2.24, 2.45) is 0 Å². The van der Waals surface area contributed by atoms with Crippen LogP contribution in [0.5, 0.6) is 0 Å². The number of nitrogens with zero attached hydrogens (tertiary/aromatic N) is 6. The van der Waals surface area contributed by atoms with Gasteiger partial charge in [-0.3, -0.25) is 5.41 Å². The first-order chi connectivity index (χ1) is 10.2. The Morgan fingerprint density at radius 2 is 2.14 bits per heavy atom. The molecule has 0 aliphatic heterocycles. The van der Waals surface area contributed by atoms with Crippen molar-refractivity contribution < 1.29 is 0 Å². The second kappa shape index (κ2) is 5.61. The highest BCUT2D eigenvalue weighted by molar-refractivity contribution is 6.29. The monoisotopic (exact) mass is 303 g/mol. The summed E-state index contributed by atoms with van der Waals surface area (Å²) in [4.78, 5) is 8.41. The molecule has 0 aliphatic carbocycles. The number of aromatic nitrogens is 6. The Labute approximate surface area is 125 Å². The zero-order chi connectivity index (χ0) is 14.8. The molecule has 21 heavy (non-hydrogen) atoms. The lowest BCUT2D eigenvalue weighted by molar-refractivity contribution is 0.629. The van der Waals surface area contributed by atoms with E-state index in [1.807, 2.05) is 6.07 Å². The number of aryl methyl sites for hydroxylation is 1. The molecule has 0 saturated carbocycles. The predicted octanol–water partition coefficient (Wildman–Crippen LogP) is 1.61. The lowest BCUT2D eigenvalue weighted by Gasteiger charge is -2.05. The minimum Gasteiger partial charge on any atom is -0.316 e. The fourth-order valence-electron chi connectivity index (χ4n) is 2.10. The minimum absolute atomic E-state index is 0.335. The molecule has 0 aromatic carbocycles. The summed E-state index contributed by atoms with van der Waals surface area (Å²) in [5.41, 5.74) is 2.39. The molecule has 3 aromatic rings. The van der Waals surface area contributed by atoms with Gasteiger partial charge < -0.3 is 4.57 Å². The quantitative estimate of drug-likeness (QED) is 0.742. The molecular formula is C13H14ClN7. The molecule has 0 saturated heterocycles. The first-order valence-corrected chi connectivity index (χ1v) is 7.00. The van der Waals surface area contributed by atoms with Gasteiger partial charge >= 0.3 is 0 Å². The van der Waals surface area contributed by atoms with E-state index in [0.717, 1.165) is 18.5 Å². The summed E-state index contributed by atoms with van der Waals surface area (Å²) in [5.74, 6) is 0. The molecule has 0 spiro atoms. The van der Waals surface area contributed by atoms with Crippen LogP contribution < -0.4 is 5.49 Å². The third kappa shape index (κ3) is 2.64. The minimum atomic E-state index is 0.335. The molecule has 0 amide bonds. The maximum atomic E-state index is 8.14. The Bertz CT molecular complexity index is 819. The Hall–Kier alpha value is -2.28. The van der Waals surface area contributed by atoms with Crippen molar-refractivity contribution >= 4 is 22.8 Å². The van der Waals surface area contributed by atoms with Crippen LogP contribution in [-0.2, 0) is 13.1 Å². The van der Waals surface area contributed by atoms with E-state index in [9.17, 15) is 0 Å². The van der Waals surface area contributed by atoms with E-state index in [2.05, 4.69) is 27.2 Å². The van der Waals surface area contributed by atoms with Crippen LogP contribution in [-0.4, -0.2) is 29.5 Å². The molecule has 108 valence electrons. The summed E-state index contributed by atoms with van der Waals surface area (Å²) in [7, 11) is 0. The molecule has 0 bridgehead atoms. The van der Waals surface area contributed by atoms with Crippen molar-refractivity contribution in [3.05, 3.63) is 40.9 Å². The topological polar surface area (TPSA) is 85.3 Å². The van der Waals surface area contributed by atoms with Crippen molar-refractivity contribution in [2.45, 2.75) is 26.4 Å². The standard InChI is InChI=1S/C13H14ClN7/c1-2-5-20-8-17-13-11(12(20)15)18-19-21(13)7-9-3-4-10(14)16-6-9/h3-4,6,8,15H,2,5,7H2,1H3. The van der Waals surface area contributed by atoms with Crippen LogP contribution in [0.2, 0.25) is 5.15 Å². The molecule has 7 nitrogen and oxygen atoms in total. The zero-order valence-corrected chi connectivity index (χ0v) is 12.2. The van der Waals surface area contributed by atoms with Gasteiger partial charge in [-0.05, 0) is 18.1 Å². The molecule has 8 heteroatoms. The van der Waals surface area contributed by atoms with Crippen molar-refractivity contribution in [3.63, 3.8) is 0 Å². The number of hydrogen-bond donors (Lipinski definition) is 1. The molecule has 0 atom stereocenters. The third-order valence-electron chi connectivity index (χ3n) is 3.13. The number of fused-ring (bicyclic) bond motifs is 1. The summed E-state index contributed by atoms with van der Waals surface area (Å²) in [6.07, 6.45) is 4.29. The van der Waals surface area contributed by atoms with Crippen molar-refractivity contribution in [1.82, 2.24) is 29.5 Å². The molecule has 3 heterocycles. The van der Waals surface area contributed by atoms with Crippen LogP contribution in [0.25, 0.3) is 11.2 Å². The summed E-state index contributed by atoms with van der Waals surface area (Å²) in [6.45, 7) is 3.29. The van der Waals surface area contributed by atoms with E-state index >= 15 is 0 Å². The SMILES string of the molecule is CCCn1cnc2c(nnn2Cc2ccc(Cl)nc2)c1=N. The van der Waals surface area contributed by atoms with Crippen LogP contribution in [0.3, 0.4) is 0 Å². The Balaban J connectivity index is 1.99. The number of pyridine rings is 1. The van der Waals surface area contributed by atoms with E-state index in [-0.39, 0.29) is 0 Å². The van der Waals surface area contributed by atoms with Gasteiger partial charge in [0.05, 0.1) is 12.9 Å². The maximum Gasteiger partial charge on any atom is 0.184 e. The van der Waals surface area contributed by atoms with E-state index in [1.54, 1.807) is 27.8 Å². The fraction of sp³-hybridized carbons (Fsp3) is 0.308. The molecule has 0 fully saturated rings. The molecule has 3 rings (SSSR count). The van der Waals surface area contributed by atoms with Crippen LogP contribution in [0.4, 0.5) is 0 Å². The van der Waals surface area contributed by atoms with Gasteiger partial charge in [-0.15, -0.1) is 5.10 Å². The predicted molar refractivity (Wildman–Crippen MR) is 77.8 cm³/mol. The molecule has 0 unspecified atom stereocenters. The summed E-state index contributed by atoms with van der Waals surface area (Å²) >= 11 is 5.77. The van der Waals surface area contributed by atoms with E-state index in [4.69, 9.17) is 17.0 Å². The lowest BCUT2D eigenvalue weighted by Crippen LogP contribution is -2.21. The maximum absolute atomic E-state index is 8.14. The smallest absolute Gasteiger partial charge is 0.184 e. The first-order valence-electron chi connectivity index (χ1n) is 6.62. The number of hydrogen-bond acceptors (Lipinski definition) is 5. The molecular weight excluding hydrogens is 290 g/mol. The second-order valence-corrected chi connectivity index (χ2v) is 5.08. The number of nitrogens with one attached hydrogen (secondary N) is 1. The van der Waals surface area contributed by atoms with Gasteiger partial charge in [-0.25, -0.2) is 14.6 Å². The second-order valence-electron chi connectivity index (χ2n) is 4.70. The summed E-state index contributed by atoms with van der Waals surface area (Å²) in [6, 6.07) is 3.61. The van der Waals surface area contributed by atoms with Gasteiger partial charge in [0.1, 0.15) is 5.15 Å². The largest absolute Gasteiger partial charge is 0.316 e. The van der Waals surface area contributed by atoms with Crippen LogP contribution >= 0.6 is 11.6 Å². The van der Waals surface area contributed by atoms with E-state index < -0.39 is 0 Å². The number of halogens is 1. The highest BCUT2D eigenvalue weighted by Gasteiger charge is 2.10. The van der Waals surface area contributed by atoms with Crippen molar-refractivity contribution in [3.8, 4) is 0 Å². The summed E-state index contributed by atoms with van der Waals surface area (Å²) < 4.78 is 3.43. The molecule has 1 N–H and O–H groups in total. The molecule has 0 radical (unpaired) electrons. The average molecular weight is 304 g/mol. The van der Waals surface area contributed by atoms with E-state index in [1.165, 1.54) is 0 Å². The average Bonchev–Trinajstić information content (AvgIpc) is 2.88. The van der Waals surface area contributed by atoms with Gasteiger partial charge in [-0.2, -0.15) is 0 Å². The Morgan fingerprint density at radius 1 is 1.29 bits per heavy atom. The van der Waals surface area contributed by atoms with Gasteiger partial charge in [0, 0.05) is 12.7 Å². The van der Waals surface area contributed by atoms with Crippen molar-refractivity contribution in [2.75, 3.05) is 0 Å². The van der Waals surface area contributed by atoms with Gasteiger partial charge in [0.25, 0.3) is 0 Å². The van der Waals surface area contributed by atoms with Crippen LogP contribution in [0.15, 0.2) is 24.7 Å². The fourth-order valence-corrected chi connectivity index (χ4v) is 2.21. The van der Waals surface area contributed by atoms with Crippen LogP contribution in [0, 0.1) is 5.41 Å².